The Morgan fingerprint density at radius 3 is 2.28 bits per heavy atom. The molecule has 1 fully saturated rings. The van der Waals surface area contributed by atoms with Crippen molar-refractivity contribution in [3.8, 4) is 17.3 Å². The maximum Gasteiger partial charge on any atom is 0.433 e. The minimum Gasteiger partial charge on any atom is -0.322 e. The van der Waals surface area contributed by atoms with Crippen molar-refractivity contribution in [1.29, 1.82) is 5.26 Å². The van der Waals surface area contributed by atoms with E-state index >= 15 is 8.78 Å². The van der Waals surface area contributed by atoms with Crippen molar-refractivity contribution in [2.75, 3.05) is 12.4 Å². The lowest BCUT2D eigenvalue weighted by atomic mass is 9.82. The molecule has 2 N–H and O–H groups in total. The van der Waals surface area contributed by atoms with Gasteiger partial charge >= 0.3 is 12.4 Å². The van der Waals surface area contributed by atoms with Gasteiger partial charge in [-0.1, -0.05) is 38.0 Å². The largest absolute Gasteiger partial charge is 0.433 e. The number of nitrogens with zero attached hydrogens (tertiary/aromatic N) is 4. The number of anilines is 1. The number of likely N-dealkylation sites (N-methyl/N-ethyl adjacent to an activating group) is 1. The molecular weight excluding hydrogens is 724 g/mol. The molecule has 16 heteroatoms. The number of carbonyl (C=O) groups is 2. The van der Waals surface area contributed by atoms with Crippen LogP contribution in [0.2, 0.25) is 0 Å². The number of hydrazine groups is 1. The van der Waals surface area contributed by atoms with Crippen molar-refractivity contribution < 1.29 is 44.7 Å². The van der Waals surface area contributed by atoms with Gasteiger partial charge in [-0.3, -0.25) is 15.0 Å². The predicted molar refractivity (Wildman–Crippen MR) is 184 cm³/mol. The molecule has 0 bridgehead atoms. The van der Waals surface area contributed by atoms with Gasteiger partial charge in [0.05, 0.1) is 28.6 Å². The molecule has 1 aliphatic rings. The first-order chi connectivity index (χ1) is 25.4. The van der Waals surface area contributed by atoms with Crippen LogP contribution in [0.1, 0.15) is 80.7 Å². The molecule has 1 heterocycles. The van der Waals surface area contributed by atoms with Gasteiger partial charge in [0.25, 0.3) is 5.91 Å². The second-order valence-corrected chi connectivity index (χ2v) is 13.1. The molecule has 0 unspecified atom stereocenters. The third kappa shape index (κ3) is 9.67. The van der Waals surface area contributed by atoms with Gasteiger partial charge in [-0.2, -0.15) is 31.6 Å². The van der Waals surface area contributed by atoms with Gasteiger partial charge < -0.3 is 5.32 Å². The van der Waals surface area contributed by atoms with Crippen LogP contribution in [0.25, 0.3) is 11.3 Å². The van der Waals surface area contributed by atoms with E-state index in [1.165, 1.54) is 17.1 Å². The second kappa shape index (κ2) is 17.3. The number of hydrogen-bond acceptors (Lipinski definition) is 6. The summed E-state index contributed by atoms with van der Waals surface area (Å²) in [6, 6.07) is 7.19. The predicted octanol–water partition coefficient (Wildman–Crippen LogP) is 9.05. The molecule has 0 aliphatic heterocycles. The van der Waals surface area contributed by atoms with E-state index in [0.717, 1.165) is 6.07 Å². The second-order valence-electron chi connectivity index (χ2n) is 13.1. The van der Waals surface area contributed by atoms with E-state index in [-0.39, 0.29) is 28.8 Å². The summed E-state index contributed by atoms with van der Waals surface area (Å²) >= 11 is 0. The summed E-state index contributed by atoms with van der Waals surface area (Å²) in [6.07, 6.45) is -4.68. The number of allylic oxidation sites excluding steroid dienone is 1. The van der Waals surface area contributed by atoms with Gasteiger partial charge in [-0.15, -0.1) is 0 Å². The Morgan fingerprint density at radius 2 is 1.65 bits per heavy atom. The molecule has 0 radical (unpaired) electrons. The summed E-state index contributed by atoms with van der Waals surface area (Å²) in [5.41, 5.74) is -1.92. The number of nitrogens with one attached hydrogen (secondary N) is 2. The van der Waals surface area contributed by atoms with Gasteiger partial charge in [0.1, 0.15) is 12.0 Å². The van der Waals surface area contributed by atoms with Crippen LogP contribution < -0.4 is 10.7 Å². The molecule has 1 saturated carbocycles. The maximum absolute atomic E-state index is 15.8. The number of aromatic nitrogens is 2. The number of hydrogen-bond donors (Lipinski definition) is 2. The van der Waals surface area contributed by atoms with Crippen molar-refractivity contribution in [2.45, 2.75) is 89.0 Å². The van der Waals surface area contributed by atoms with Gasteiger partial charge in [0.2, 0.25) is 6.41 Å². The Morgan fingerprint density at radius 1 is 0.981 bits per heavy atom. The van der Waals surface area contributed by atoms with Gasteiger partial charge in [0, 0.05) is 30.2 Å². The van der Waals surface area contributed by atoms with E-state index < -0.39 is 64.4 Å². The number of aryl methyl sites for hydroxylation is 1. The number of alkyl halides is 6. The van der Waals surface area contributed by atoms with E-state index in [1.807, 2.05) is 6.07 Å². The van der Waals surface area contributed by atoms with Gasteiger partial charge in [-0.05, 0) is 86.4 Å². The zero-order chi connectivity index (χ0) is 39.8. The first kappa shape index (κ1) is 41.6. The molecular formula is C38H38F8N6O2. The van der Waals surface area contributed by atoms with Crippen LogP contribution in [0.3, 0.4) is 0 Å². The maximum atomic E-state index is 15.8. The summed E-state index contributed by atoms with van der Waals surface area (Å²) in [7, 11) is 1.57. The summed E-state index contributed by atoms with van der Waals surface area (Å²) in [4.78, 5) is 32.7. The number of rotatable bonds is 15. The molecule has 1 aromatic heterocycles. The van der Waals surface area contributed by atoms with Crippen molar-refractivity contribution in [3.05, 3.63) is 100 Å². The van der Waals surface area contributed by atoms with Crippen LogP contribution in [0.15, 0.2) is 66.0 Å². The Balaban J connectivity index is 1.78. The highest BCUT2D eigenvalue weighted by molar-refractivity contribution is 6.06. The number of carbonyl (C=O) groups excluding carboxylic acids is 2. The van der Waals surface area contributed by atoms with Crippen molar-refractivity contribution in [2.24, 2.45) is 0 Å². The van der Waals surface area contributed by atoms with E-state index in [9.17, 15) is 35.9 Å². The number of nitriles is 1. The zero-order valence-corrected chi connectivity index (χ0v) is 29.5. The molecule has 288 valence electrons. The molecule has 2 aromatic carbocycles. The first-order valence-corrected chi connectivity index (χ1v) is 17.0. The third-order valence-corrected chi connectivity index (χ3v) is 9.76. The molecule has 0 spiro atoms. The van der Waals surface area contributed by atoms with Crippen molar-refractivity contribution >= 4 is 18.0 Å². The van der Waals surface area contributed by atoms with Gasteiger partial charge in [0.15, 0.2) is 11.6 Å². The van der Waals surface area contributed by atoms with Crippen LogP contribution in [0.4, 0.5) is 40.8 Å². The van der Waals surface area contributed by atoms with E-state index in [0.29, 0.717) is 93.4 Å². The lowest BCUT2D eigenvalue weighted by molar-refractivity contribution is -0.141. The number of unbranched alkanes of at least 4 members (excludes halogenated alkanes) is 2. The number of amides is 2. The van der Waals surface area contributed by atoms with Crippen LogP contribution in [0, 0.1) is 23.0 Å². The average Bonchev–Trinajstić information content (AvgIpc) is 3.63. The molecule has 2 amide bonds. The molecule has 4 rings (SSSR count). The summed E-state index contributed by atoms with van der Waals surface area (Å²) in [5.74, 6) is -3.28. The zero-order valence-electron chi connectivity index (χ0n) is 29.5. The summed E-state index contributed by atoms with van der Waals surface area (Å²) in [6.45, 7) is 5.20. The van der Waals surface area contributed by atoms with Crippen molar-refractivity contribution in [1.82, 2.24) is 20.4 Å². The lowest BCUT2D eigenvalue weighted by Crippen LogP contribution is -2.52. The smallest absolute Gasteiger partial charge is 0.322 e. The van der Waals surface area contributed by atoms with Crippen LogP contribution in [-0.4, -0.2) is 39.9 Å². The molecule has 1 aliphatic carbocycles. The average molecular weight is 763 g/mol. The fourth-order valence-corrected chi connectivity index (χ4v) is 6.72. The number of halogens is 8. The summed E-state index contributed by atoms with van der Waals surface area (Å²) < 4.78 is 113. The standard InChI is InChI=1S/C38H38F8N6O2/c1-23(20-47)9-5-4-6-10-25-11-12-26(34(40)33(25)39)17-28(24(2)36(15-7-8-16-36)52(3)50-22-53)35(54)51-30-14-13-27(37(41,42)43)18-29(30)31-19-32(38(44,45)46)49-21-48-31/h11-14,18-19,21-22H,1,4-10,15-17H2,2-3H3,(H,50,53)(H,51,54)/b28-24+. The normalized spacial score (nSPS) is 14.7. The highest BCUT2D eigenvalue weighted by Gasteiger charge is 2.42. The highest BCUT2D eigenvalue weighted by atomic mass is 19.4. The quantitative estimate of drug-likeness (QED) is 0.0400. The first-order valence-electron chi connectivity index (χ1n) is 17.0. The van der Waals surface area contributed by atoms with E-state index in [4.69, 9.17) is 5.26 Å². The Hall–Kier alpha value is -5.17. The van der Waals surface area contributed by atoms with Gasteiger partial charge in [-0.25, -0.2) is 23.8 Å². The summed E-state index contributed by atoms with van der Waals surface area (Å²) in [5, 5.41) is 12.9. The Labute approximate surface area is 306 Å². The minimum atomic E-state index is -4.96. The topological polar surface area (TPSA) is 111 Å². The van der Waals surface area contributed by atoms with E-state index in [1.54, 1.807) is 14.0 Å². The highest BCUT2D eigenvalue weighted by Crippen LogP contribution is 2.42. The van der Waals surface area contributed by atoms with Crippen molar-refractivity contribution in [3.63, 3.8) is 0 Å². The number of benzene rings is 2. The lowest BCUT2D eigenvalue weighted by Gasteiger charge is -2.40. The Kier molecular flexibility index (Phi) is 13.3. The molecule has 54 heavy (non-hydrogen) atoms. The molecule has 8 nitrogen and oxygen atoms in total. The fourth-order valence-electron chi connectivity index (χ4n) is 6.72. The molecule has 0 saturated heterocycles. The monoisotopic (exact) mass is 762 g/mol. The fraction of sp³-hybridized carbons (Fsp3) is 0.395. The SMILES string of the molecule is C=C(C#N)CCCCCc1ccc(C/C(C(=O)Nc2ccc(C(F)(F)F)cc2-c2cc(C(F)(F)F)ncn2)=C(/C)C2(N(C)NC=O)CCCC2)c(F)c1F. The van der Waals surface area contributed by atoms with Crippen LogP contribution >= 0.6 is 0 Å². The third-order valence-electron chi connectivity index (χ3n) is 9.76. The van der Waals surface area contributed by atoms with Crippen LogP contribution in [0.5, 0.6) is 0 Å². The molecule has 3 aromatic rings. The van der Waals surface area contributed by atoms with E-state index in [2.05, 4.69) is 27.3 Å². The minimum absolute atomic E-state index is 0.0988. The Bertz CT molecular complexity index is 1950. The molecule has 0 atom stereocenters. The van der Waals surface area contributed by atoms with Crippen LogP contribution in [-0.2, 0) is 34.8 Å².